The highest BCUT2D eigenvalue weighted by Gasteiger charge is 2.26. The molecule has 0 aliphatic carbocycles. The summed E-state index contributed by atoms with van der Waals surface area (Å²) in [4.78, 5) is 15.9. The first kappa shape index (κ1) is 13.3. The minimum atomic E-state index is -0.181. The van der Waals surface area contributed by atoms with E-state index in [1.807, 2.05) is 6.92 Å². The van der Waals surface area contributed by atoms with Gasteiger partial charge >= 0.3 is 0 Å². The van der Waals surface area contributed by atoms with E-state index in [9.17, 15) is 4.79 Å². The van der Waals surface area contributed by atoms with Gasteiger partial charge in [0, 0.05) is 24.0 Å². The highest BCUT2D eigenvalue weighted by Crippen LogP contribution is 2.25. The van der Waals surface area contributed by atoms with Crippen LogP contribution in [0.4, 0.5) is 5.82 Å². The lowest BCUT2D eigenvalue weighted by atomic mass is 10.1. The van der Waals surface area contributed by atoms with Crippen molar-refractivity contribution < 1.29 is 9.32 Å². The summed E-state index contributed by atoms with van der Waals surface area (Å²) < 4.78 is 4.95. The van der Waals surface area contributed by atoms with Crippen LogP contribution in [-0.4, -0.2) is 28.6 Å². The minimum absolute atomic E-state index is 0.0445. The van der Waals surface area contributed by atoms with Crippen LogP contribution >= 0.6 is 11.3 Å². The zero-order valence-electron chi connectivity index (χ0n) is 11.5. The number of anilines is 1. The van der Waals surface area contributed by atoms with Gasteiger partial charge in [0.25, 0.3) is 0 Å². The molecule has 0 spiro atoms. The van der Waals surface area contributed by atoms with E-state index in [-0.39, 0.29) is 11.9 Å². The van der Waals surface area contributed by atoms with E-state index < -0.39 is 0 Å². The molecular weight excluding hydrogens is 274 g/mol. The zero-order chi connectivity index (χ0) is 14.1. The number of fused-ring (bicyclic) bond motifs is 1. The molecule has 0 saturated heterocycles. The van der Waals surface area contributed by atoms with Gasteiger partial charge in [0.1, 0.15) is 5.76 Å². The first-order valence-corrected chi connectivity index (χ1v) is 7.55. The summed E-state index contributed by atoms with van der Waals surface area (Å²) in [7, 11) is 0. The Morgan fingerprint density at radius 2 is 2.45 bits per heavy atom. The van der Waals surface area contributed by atoms with E-state index in [0.29, 0.717) is 11.6 Å². The van der Waals surface area contributed by atoms with Crippen molar-refractivity contribution in [1.29, 1.82) is 0 Å². The molecule has 0 radical (unpaired) electrons. The molecule has 1 aliphatic heterocycles. The Labute approximate surface area is 121 Å². The zero-order valence-corrected chi connectivity index (χ0v) is 12.4. The molecule has 6 heteroatoms. The quantitative estimate of drug-likeness (QED) is 0.943. The number of aryl methyl sites for hydroxylation is 1. The van der Waals surface area contributed by atoms with E-state index in [4.69, 9.17) is 4.52 Å². The molecule has 1 N–H and O–H groups in total. The summed E-state index contributed by atoms with van der Waals surface area (Å²) in [6, 6.07) is 3.69. The molecule has 0 bridgehead atoms. The maximum Gasteiger partial charge on any atom is 0.242 e. The van der Waals surface area contributed by atoms with Crippen LogP contribution in [0.2, 0.25) is 0 Å². The van der Waals surface area contributed by atoms with Gasteiger partial charge in [-0.1, -0.05) is 5.16 Å². The van der Waals surface area contributed by atoms with Crippen molar-refractivity contribution in [3.63, 3.8) is 0 Å². The number of aromatic nitrogens is 1. The molecule has 0 aromatic carbocycles. The van der Waals surface area contributed by atoms with Gasteiger partial charge in [0.2, 0.25) is 5.91 Å². The molecule has 1 aliphatic rings. The topological polar surface area (TPSA) is 58.4 Å². The average Bonchev–Trinajstić information content (AvgIpc) is 3.05. The molecule has 1 atom stereocenters. The third-order valence-electron chi connectivity index (χ3n) is 3.64. The minimum Gasteiger partial charge on any atom is -0.360 e. The van der Waals surface area contributed by atoms with Crippen molar-refractivity contribution in [1.82, 2.24) is 10.1 Å². The number of amides is 1. The number of carbonyl (C=O) groups is 1. The summed E-state index contributed by atoms with van der Waals surface area (Å²) in [6.07, 6.45) is 1.02. The fourth-order valence-corrected chi connectivity index (χ4v) is 3.31. The molecule has 20 heavy (non-hydrogen) atoms. The first-order valence-electron chi connectivity index (χ1n) is 6.67. The third kappa shape index (κ3) is 2.62. The Bertz CT molecular complexity index is 619. The monoisotopic (exact) mass is 291 g/mol. The summed E-state index contributed by atoms with van der Waals surface area (Å²) >= 11 is 1.80. The molecule has 1 amide bonds. The Balaban J connectivity index is 1.64. The number of nitrogens with zero attached hydrogens (tertiary/aromatic N) is 2. The SMILES string of the molecule is Cc1cc(NC(=O)[C@@H](C)N2CCc3sccc3C2)no1. The number of hydrogen-bond acceptors (Lipinski definition) is 5. The largest absolute Gasteiger partial charge is 0.360 e. The molecule has 2 aromatic rings. The van der Waals surface area contributed by atoms with Crippen LogP contribution in [0.1, 0.15) is 23.1 Å². The van der Waals surface area contributed by atoms with Crippen molar-refractivity contribution in [3.8, 4) is 0 Å². The molecule has 2 aromatic heterocycles. The van der Waals surface area contributed by atoms with Crippen LogP contribution in [0.25, 0.3) is 0 Å². The Morgan fingerprint density at radius 1 is 1.60 bits per heavy atom. The maximum absolute atomic E-state index is 12.2. The normalized spacial score (nSPS) is 16.7. The van der Waals surface area contributed by atoms with Crippen LogP contribution in [0, 0.1) is 6.92 Å². The summed E-state index contributed by atoms with van der Waals surface area (Å²) in [5.41, 5.74) is 1.35. The van der Waals surface area contributed by atoms with E-state index in [0.717, 1.165) is 19.5 Å². The van der Waals surface area contributed by atoms with Crippen LogP contribution in [0.3, 0.4) is 0 Å². The predicted molar refractivity (Wildman–Crippen MR) is 77.8 cm³/mol. The fourth-order valence-electron chi connectivity index (χ4n) is 2.42. The van der Waals surface area contributed by atoms with Crippen molar-refractivity contribution in [2.45, 2.75) is 32.9 Å². The highest BCUT2D eigenvalue weighted by molar-refractivity contribution is 7.10. The molecule has 0 fully saturated rings. The third-order valence-corrected chi connectivity index (χ3v) is 4.67. The molecule has 3 heterocycles. The second-order valence-corrected chi connectivity index (χ2v) is 6.08. The lowest BCUT2D eigenvalue weighted by Crippen LogP contribution is -2.44. The summed E-state index contributed by atoms with van der Waals surface area (Å²) in [5.74, 6) is 1.12. The van der Waals surface area contributed by atoms with Crippen LogP contribution in [0.15, 0.2) is 22.0 Å². The molecule has 0 saturated carbocycles. The molecular formula is C14H17N3O2S. The lowest BCUT2D eigenvalue weighted by molar-refractivity contribution is -0.121. The smallest absolute Gasteiger partial charge is 0.242 e. The first-order chi connectivity index (χ1) is 9.63. The van der Waals surface area contributed by atoms with Gasteiger partial charge < -0.3 is 9.84 Å². The standard InChI is InChI=1S/C14H17N3O2S/c1-9-7-13(16-19-9)15-14(18)10(2)17-5-3-12-11(8-17)4-6-20-12/h4,6-7,10H,3,5,8H2,1-2H3,(H,15,16,18)/t10-/m1/s1. The molecule has 0 unspecified atom stereocenters. The van der Waals surface area contributed by atoms with Gasteiger partial charge in [-0.05, 0) is 37.3 Å². The second kappa shape index (κ2) is 5.38. The van der Waals surface area contributed by atoms with Gasteiger partial charge in [0.05, 0.1) is 6.04 Å². The summed E-state index contributed by atoms with van der Waals surface area (Å²) in [6.45, 7) is 5.49. The Kier molecular flexibility index (Phi) is 3.58. The molecule has 106 valence electrons. The lowest BCUT2D eigenvalue weighted by Gasteiger charge is -2.31. The van der Waals surface area contributed by atoms with Crippen molar-refractivity contribution in [2.24, 2.45) is 0 Å². The van der Waals surface area contributed by atoms with Crippen molar-refractivity contribution in [2.75, 3.05) is 11.9 Å². The van der Waals surface area contributed by atoms with Gasteiger partial charge in [-0.15, -0.1) is 11.3 Å². The Hall–Kier alpha value is -1.66. The summed E-state index contributed by atoms with van der Waals surface area (Å²) in [5, 5.41) is 8.70. The second-order valence-electron chi connectivity index (χ2n) is 5.08. The van der Waals surface area contributed by atoms with Crippen molar-refractivity contribution >= 4 is 23.1 Å². The van der Waals surface area contributed by atoms with E-state index in [2.05, 4.69) is 26.8 Å². The Morgan fingerprint density at radius 3 is 3.20 bits per heavy atom. The number of rotatable bonds is 3. The number of carbonyl (C=O) groups excluding carboxylic acids is 1. The predicted octanol–water partition coefficient (Wildman–Crippen LogP) is 2.43. The van der Waals surface area contributed by atoms with E-state index in [1.54, 1.807) is 24.3 Å². The van der Waals surface area contributed by atoms with Crippen molar-refractivity contribution in [3.05, 3.63) is 33.7 Å². The van der Waals surface area contributed by atoms with Gasteiger partial charge in [-0.3, -0.25) is 9.69 Å². The van der Waals surface area contributed by atoms with Gasteiger partial charge in [-0.25, -0.2) is 0 Å². The average molecular weight is 291 g/mol. The molecule has 3 rings (SSSR count). The highest BCUT2D eigenvalue weighted by atomic mass is 32.1. The van der Waals surface area contributed by atoms with Crippen LogP contribution in [0.5, 0.6) is 0 Å². The van der Waals surface area contributed by atoms with Gasteiger partial charge in [0.15, 0.2) is 5.82 Å². The number of nitrogens with one attached hydrogen (secondary N) is 1. The van der Waals surface area contributed by atoms with E-state index >= 15 is 0 Å². The maximum atomic E-state index is 12.2. The van der Waals surface area contributed by atoms with Crippen LogP contribution in [-0.2, 0) is 17.8 Å². The van der Waals surface area contributed by atoms with Crippen LogP contribution < -0.4 is 5.32 Å². The van der Waals surface area contributed by atoms with Gasteiger partial charge in [-0.2, -0.15) is 0 Å². The number of hydrogen-bond donors (Lipinski definition) is 1. The van der Waals surface area contributed by atoms with E-state index in [1.165, 1.54) is 10.4 Å². The fraction of sp³-hybridized carbons (Fsp3) is 0.429. The number of thiophene rings is 1. The molecule has 5 nitrogen and oxygen atoms in total.